The van der Waals surface area contributed by atoms with E-state index in [1.165, 1.54) is 23.5 Å². The number of nitrogens with one attached hydrogen (secondary N) is 1. The number of amides is 2. The number of non-ortho nitro benzene ring substituents is 1. The van der Waals surface area contributed by atoms with Crippen LogP contribution in [-0.2, 0) is 0 Å². The van der Waals surface area contributed by atoms with Crippen LogP contribution in [0.5, 0.6) is 0 Å². The number of nitro groups is 1. The zero-order chi connectivity index (χ0) is 23.5. The number of likely N-dealkylation sites (tertiary alicyclic amines) is 1. The molecule has 1 aromatic heterocycles. The highest BCUT2D eigenvalue weighted by Gasteiger charge is 2.28. The Bertz CT molecular complexity index is 1220. The first-order valence-corrected chi connectivity index (χ1v) is 11.8. The van der Waals surface area contributed by atoms with Crippen molar-refractivity contribution in [3.8, 4) is 10.4 Å². The molecule has 0 bridgehead atoms. The predicted octanol–water partition coefficient (Wildman–Crippen LogP) is 6.16. The van der Waals surface area contributed by atoms with Gasteiger partial charge in [-0.3, -0.25) is 19.7 Å². The van der Waals surface area contributed by atoms with E-state index in [-0.39, 0.29) is 22.2 Å². The minimum Gasteiger partial charge on any atom is -0.339 e. The average Bonchev–Trinajstić information content (AvgIpc) is 3.15. The monoisotopic (exact) mass is 483 g/mol. The number of carbonyl (C=O) groups excluding carboxylic acids is 2. The Morgan fingerprint density at radius 3 is 2.45 bits per heavy atom. The van der Waals surface area contributed by atoms with Crippen LogP contribution in [0.15, 0.2) is 48.5 Å². The van der Waals surface area contributed by atoms with Crippen molar-refractivity contribution in [1.29, 1.82) is 0 Å². The molecule has 1 aliphatic heterocycles. The number of nitrogens with zero attached hydrogens (tertiary/aromatic N) is 2. The molecule has 0 unspecified atom stereocenters. The molecule has 2 heterocycles. The predicted molar refractivity (Wildman–Crippen MR) is 130 cm³/mol. The van der Waals surface area contributed by atoms with Crippen LogP contribution in [0.25, 0.3) is 10.4 Å². The van der Waals surface area contributed by atoms with Crippen molar-refractivity contribution in [2.24, 2.45) is 0 Å². The second-order valence-corrected chi connectivity index (χ2v) is 9.28. The summed E-state index contributed by atoms with van der Waals surface area (Å²) in [7, 11) is 0. The summed E-state index contributed by atoms with van der Waals surface area (Å²) in [6.07, 6.45) is 2.99. The first-order valence-electron chi connectivity index (χ1n) is 10.6. The Labute approximate surface area is 200 Å². The number of carbonyl (C=O) groups is 2. The quantitative estimate of drug-likeness (QED) is 0.347. The number of halogens is 1. The minimum atomic E-state index is -0.600. The summed E-state index contributed by atoms with van der Waals surface area (Å²) in [5, 5.41) is 14.5. The third kappa shape index (κ3) is 4.77. The van der Waals surface area contributed by atoms with E-state index < -0.39 is 10.8 Å². The summed E-state index contributed by atoms with van der Waals surface area (Å²) >= 11 is 7.48. The van der Waals surface area contributed by atoms with Gasteiger partial charge in [-0.05, 0) is 43.4 Å². The van der Waals surface area contributed by atoms with Crippen LogP contribution >= 0.6 is 22.9 Å². The van der Waals surface area contributed by atoms with Crippen LogP contribution in [0.4, 0.5) is 10.7 Å². The van der Waals surface area contributed by atoms with Crippen molar-refractivity contribution in [3.05, 3.63) is 80.4 Å². The summed E-state index contributed by atoms with van der Waals surface area (Å²) in [5.74, 6) is -0.719. The summed E-state index contributed by atoms with van der Waals surface area (Å²) in [6, 6.07) is 13.4. The number of piperidine rings is 1. The second kappa shape index (κ2) is 9.72. The van der Waals surface area contributed by atoms with Crippen LogP contribution in [0, 0.1) is 17.0 Å². The molecule has 2 aromatic carbocycles. The molecule has 0 aliphatic carbocycles. The lowest BCUT2D eigenvalue weighted by atomic mass is 10.0. The molecule has 1 fully saturated rings. The van der Waals surface area contributed by atoms with E-state index in [9.17, 15) is 19.7 Å². The molecular formula is C24H22ClN3O4S. The zero-order valence-corrected chi connectivity index (χ0v) is 19.5. The largest absolute Gasteiger partial charge is 0.339 e. The molecular weight excluding hydrogens is 462 g/mol. The number of benzene rings is 2. The first kappa shape index (κ1) is 22.9. The number of nitro benzene ring substituents is 1. The molecule has 1 saturated heterocycles. The van der Waals surface area contributed by atoms with Gasteiger partial charge in [0.2, 0.25) is 0 Å². The van der Waals surface area contributed by atoms with Gasteiger partial charge in [0.25, 0.3) is 17.5 Å². The zero-order valence-electron chi connectivity index (χ0n) is 18.0. The molecule has 4 rings (SSSR count). The number of rotatable bonds is 5. The van der Waals surface area contributed by atoms with Gasteiger partial charge in [-0.25, -0.2) is 0 Å². The van der Waals surface area contributed by atoms with Gasteiger partial charge in [-0.15, -0.1) is 11.3 Å². The van der Waals surface area contributed by atoms with Gasteiger partial charge in [0, 0.05) is 30.1 Å². The molecule has 0 atom stereocenters. The lowest BCUT2D eigenvalue weighted by Gasteiger charge is -2.27. The minimum absolute atomic E-state index is 0.0189. The van der Waals surface area contributed by atoms with Gasteiger partial charge in [-0.1, -0.05) is 41.9 Å². The first-order chi connectivity index (χ1) is 15.9. The maximum absolute atomic E-state index is 13.5. The van der Waals surface area contributed by atoms with E-state index in [2.05, 4.69) is 5.32 Å². The van der Waals surface area contributed by atoms with Crippen molar-refractivity contribution in [3.63, 3.8) is 0 Å². The molecule has 1 aliphatic rings. The van der Waals surface area contributed by atoms with Crippen LogP contribution in [0.2, 0.25) is 5.02 Å². The van der Waals surface area contributed by atoms with Crippen LogP contribution in [0.1, 0.15) is 45.5 Å². The highest BCUT2D eigenvalue weighted by atomic mass is 35.5. The molecule has 3 aromatic rings. The second-order valence-electron chi connectivity index (χ2n) is 7.85. The molecule has 1 N–H and O–H groups in total. The fourth-order valence-corrected chi connectivity index (χ4v) is 5.35. The third-order valence-electron chi connectivity index (χ3n) is 5.67. The smallest absolute Gasteiger partial charge is 0.270 e. The van der Waals surface area contributed by atoms with Gasteiger partial charge in [0.15, 0.2) is 0 Å². The van der Waals surface area contributed by atoms with E-state index in [1.807, 2.05) is 42.2 Å². The standard InChI is InChI=1S/C24H22ClN3O4S/c1-15-20(24(30)27-12-6-3-7-13-27)23(33-21(15)16-8-4-2-5-9-16)26-22(29)18-14-17(28(31)32)10-11-19(18)25/h2,4-5,8-11,14H,3,6-7,12-13H2,1H3,(H,26,29). The molecule has 9 heteroatoms. The van der Waals surface area contributed by atoms with Crippen LogP contribution < -0.4 is 5.32 Å². The Morgan fingerprint density at radius 2 is 1.79 bits per heavy atom. The van der Waals surface area contributed by atoms with Crippen molar-refractivity contribution < 1.29 is 14.5 Å². The number of hydrogen-bond donors (Lipinski definition) is 1. The molecule has 170 valence electrons. The number of anilines is 1. The summed E-state index contributed by atoms with van der Waals surface area (Å²) in [5.41, 5.74) is 1.94. The molecule has 33 heavy (non-hydrogen) atoms. The van der Waals surface area contributed by atoms with Crippen molar-refractivity contribution in [1.82, 2.24) is 4.90 Å². The molecule has 2 amide bonds. The Hall–Kier alpha value is -3.23. The SMILES string of the molecule is Cc1c(-c2ccccc2)sc(NC(=O)c2cc([N+](=O)[O-])ccc2Cl)c1C(=O)N1CCCCC1. The average molecular weight is 484 g/mol. The van der Waals surface area contributed by atoms with Gasteiger partial charge in [0.05, 0.1) is 21.1 Å². The fraction of sp³-hybridized carbons (Fsp3) is 0.250. The Kier molecular flexibility index (Phi) is 6.76. The van der Waals surface area contributed by atoms with E-state index in [1.54, 1.807) is 0 Å². The molecule has 0 saturated carbocycles. The Morgan fingerprint density at radius 1 is 1.09 bits per heavy atom. The van der Waals surface area contributed by atoms with Crippen LogP contribution in [-0.4, -0.2) is 34.7 Å². The summed E-state index contributed by atoms with van der Waals surface area (Å²) in [4.78, 5) is 39.8. The van der Waals surface area contributed by atoms with Gasteiger partial charge >= 0.3 is 0 Å². The number of hydrogen-bond acceptors (Lipinski definition) is 5. The van der Waals surface area contributed by atoms with Crippen molar-refractivity contribution >= 4 is 45.4 Å². The fourth-order valence-electron chi connectivity index (χ4n) is 3.95. The van der Waals surface area contributed by atoms with E-state index >= 15 is 0 Å². The lowest BCUT2D eigenvalue weighted by Crippen LogP contribution is -2.36. The lowest BCUT2D eigenvalue weighted by molar-refractivity contribution is -0.384. The summed E-state index contributed by atoms with van der Waals surface area (Å²) in [6.45, 7) is 3.24. The topological polar surface area (TPSA) is 92.5 Å². The molecule has 0 spiro atoms. The highest BCUT2D eigenvalue weighted by molar-refractivity contribution is 7.20. The van der Waals surface area contributed by atoms with Gasteiger partial charge < -0.3 is 10.2 Å². The maximum Gasteiger partial charge on any atom is 0.270 e. The highest BCUT2D eigenvalue weighted by Crippen LogP contribution is 2.41. The summed E-state index contributed by atoms with van der Waals surface area (Å²) < 4.78 is 0. The van der Waals surface area contributed by atoms with Crippen molar-refractivity contribution in [2.45, 2.75) is 26.2 Å². The van der Waals surface area contributed by atoms with Crippen LogP contribution in [0.3, 0.4) is 0 Å². The number of thiophene rings is 1. The third-order valence-corrected chi connectivity index (χ3v) is 7.26. The van der Waals surface area contributed by atoms with E-state index in [0.717, 1.165) is 41.3 Å². The Balaban J connectivity index is 1.75. The molecule has 7 nitrogen and oxygen atoms in total. The normalized spacial score (nSPS) is 13.6. The van der Waals surface area contributed by atoms with Crippen molar-refractivity contribution in [2.75, 3.05) is 18.4 Å². The van der Waals surface area contributed by atoms with E-state index in [0.29, 0.717) is 23.7 Å². The molecule has 0 radical (unpaired) electrons. The van der Waals surface area contributed by atoms with E-state index in [4.69, 9.17) is 11.6 Å². The maximum atomic E-state index is 13.5. The van der Waals surface area contributed by atoms with Gasteiger partial charge in [-0.2, -0.15) is 0 Å². The van der Waals surface area contributed by atoms with Gasteiger partial charge in [0.1, 0.15) is 5.00 Å².